The van der Waals surface area contributed by atoms with E-state index in [0.29, 0.717) is 12.2 Å². The van der Waals surface area contributed by atoms with E-state index in [-0.39, 0.29) is 5.97 Å². The molecule has 0 bridgehead atoms. The van der Waals surface area contributed by atoms with Crippen molar-refractivity contribution >= 4 is 16.9 Å². The second kappa shape index (κ2) is 5.71. The normalized spacial score (nSPS) is 10.8. The molecule has 1 heterocycles. The van der Waals surface area contributed by atoms with Gasteiger partial charge in [0.05, 0.1) is 12.2 Å². The zero-order valence-electron chi connectivity index (χ0n) is 11.0. The Hall–Kier alpha value is -1.77. The van der Waals surface area contributed by atoms with Crippen molar-refractivity contribution in [1.29, 1.82) is 0 Å². The fourth-order valence-electron chi connectivity index (χ4n) is 2.10. The lowest BCUT2D eigenvalue weighted by Crippen LogP contribution is -2.04. The molecule has 0 aliphatic heterocycles. The first-order valence-corrected chi connectivity index (χ1v) is 6.53. The molecule has 0 saturated heterocycles. The van der Waals surface area contributed by atoms with Gasteiger partial charge in [-0.05, 0) is 37.5 Å². The number of fused-ring (bicyclic) bond motifs is 1. The van der Waals surface area contributed by atoms with Crippen LogP contribution in [0, 0.1) is 0 Å². The zero-order valence-corrected chi connectivity index (χ0v) is 11.0. The Kier molecular flexibility index (Phi) is 4.03. The van der Waals surface area contributed by atoms with Crippen LogP contribution in [0.4, 0.5) is 0 Å². The Bertz CT molecular complexity index is 542. The van der Waals surface area contributed by atoms with Crippen LogP contribution in [0.1, 0.15) is 42.6 Å². The first kappa shape index (κ1) is 12.7. The number of aromatic amines is 1. The van der Waals surface area contributed by atoms with Crippen LogP contribution in [0.3, 0.4) is 0 Å². The topological polar surface area (TPSA) is 42.1 Å². The lowest BCUT2D eigenvalue weighted by atomic mass is 10.1. The summed E-state index contributed by atoms with van der Waals surface area (Å²) < 4.78 is 5.00. The number of esters is 1. The Morgan fingerprint density at radius 2 is 2.17 bits per heavy atom. The van der Waals surface area contributed by atoms with E-state index in [4.69, 9.17) is 4.74 Å². The van der Waals surface area contributed by atoms with E-state index in [2.05, 4.69) is 11.9 Å². The van der Waals surface area contributed by atoms with Crippen molar-refractivity contribution in [1.82, 2.24) is 4.98 Å². The summed E-state index contributed by atoms with van der Waals surface area (Å²) >= 11 is 0. The van der Waals surface area contributed by atoms with Crippen molar-refractivity contribution in [3.8, 4) is 0 Å². The summed E-state index contributed by atoms with van der Waals surface area (Å²) in [6, 6.07) is 5.70. The summed E-state index contributed by atoms with van der Waals surface area (Å²) in [7, 11) is 0. The largest absolute Gasteiger partial charge is 0.462 e. The molecule has 2 rings (SSSR count). The average molecular weight is 245 g/mol. The molecule has 0 unspecified atom stereocenters. The van der Waals surface area contributed by atoms with E-state index in [1.54, 1.807) is 0 Å². The number of aromatic nitrogens is 1. The van der Waals surface area contributed by atoms with Crippen LogP contribution in [0.2, 0.25) is 0 Å². The highest BCUT2D eigenvalue weighted by molar-refractivity contribution is 5.95. The van der Waals surface area contributed by atoms with Crippen LogP contribution < -0.4 is 0 Å². The molecule has 0 spiro atoms. The third kappa shape index (κ3) is 2.55. The van der Waals surface area contributed by atoms with Crippen molar-refractivity contribution in [2.45, 2.75) is 33.1 Å². The number of rotatable bonds is 5. The minimum atomic E-state index is -0.260. The van der Waals surface area contributed by atoms with E-state index >= 15 is 0 Å². The highest BCUT2D eigenvalue weighted by Gasteiger charge is 2.09. The highest BCUT2D eigenvalue weighted by Crippen LogP contribution is 2.21. The van der Waals surface area contributed by atoms with Gasteiger partial charge in [-0.25, -0.2) is 4.79 Å². The SMILES string of the molecule is CCCCc1c[nH]c2cc(C(=O)OCC)ccc12. The van der Waals surface area contributed by atoms with Gasteiger partial charge in [-0.1, -0.05) is 19.4 Å². The predicted molar refractivity (Wildman–Crippen MR) is 72.9 cm³/mol. The van der Waals surface area contributed by atoms with Gasteiger partial charge in [0.1, 0.15) is 0 Å². The summed E-state index contributed by atoms with van der Waals surface area (Å²) in [6.45, 7) is 4.41. The summed E-state index contributed by atoms with van der Waals surface area (Å²) in [6.07, 6.45) is 5.49. The van der Waals surface area contributed by atoms with Crippen LogP contribution >= 0.6 is 0 Å². The maximum absolute atomic E-state index is 11.6. The second-order valence-electron chi connectivity index (χ2n) is 4.40. The third-order valence-corrected chi connectivity index (χ3v) is 3.08. The van der Waals surface area contributed by atoms with Crippen molar-refractivity contribution in [2.24, 2.45) is 0 Å². The first-order valence-electron chi connectivity index (χ1n) is 6.53. The number of unbranched alkanes of at least 4 members (excludes halogenated alkanes) is 1. The third-order valence-electron chi connectivity index (χ3n) is 3.08. The van der Waals surface area contributed by atoms with Gasteiger partial charge < -0.3 is 9.72 Å². The molecule has 96 valence electrons. The first-order chi connectivity index (χ1) is 8.76. The molecule has 0 aliphatic rings. The Morgan fingerprint density at radius 3 is 2.89 bits per heavy atom. The van der Waals surface area contributed by atoms with Gasteiger partial charge in [0.2, 0.25) is 0 Å². The van der Waals surface area contributed by atoms with Gasteiger partial charge in [-0.3, -0.25) is 0 Å². The summed E-state index contributed by atoms with van der Waals surface area (Å²) in [5.74, 6) is -0.260. The number of benzene rings is 1. The molecule has 1 N–H and O–H groups in total. The lowest BCUT2D eigenvalue weighted by molar-refractivity contribution is 0.0526. The number of aryl methyl sites for hydroxylation is 1. The van der Waals surface area contributed by atoms with Crippen LogP contribution in [0.15, 0.2) is 24.4 Å². The van der Waals surface area contributed by atoms with E-state index in [0.717, 1.165) is 11.9 Å². The quantitative estimate of drug-likeness (QED) is 0.816. The zero-order chi connectivity index (χ0) is 13.0. The number of carbonyl (C=O) groups is 1. The molecule has 18 heavy (non-hydrogen) atoms. The Morgan fingerprint density at radius 1 is 1.33 bits per heavy atom. The summed E-state index contributed by atoms with van der Waals surface area (Å²) in [5.41, 5.74) is 2.93. The second-order valence-corrected chi connectivity index (χ2v) is 4.40. The van der Waals surface area contributed by atoms with Gasteiger partial charge in [0.15, 0.2) is 0 Å². The van der Waals surface area contributed by atoms with Crippen LogP contribution in [-0.4, -0.2) is 17.6 Å². The Balaban J connectivity index is 2.27. The van der Waals surface area contributed by atoms with E-state index < -0.39 is 0 Å². The molecular weight excluding hydrogens is 226 g/mol. The predicted octanol–water partition coefficient (Wildman–Crippen LogP) is 3.69. The van der Waals surface area contributed by atoms with Crippen molar-refractivity contribution in [3.63, 3.8) is 0 Å². The standard InChI is InChI=1S/C15H19NO2/c1-3-5-6-12-10-16-14-9-11(7-8-13(12)14)15(17)18-4-2/h7-10,16H,3-6H2,1-2H3. The van der Waals surface area contributed by atoms with Gasteiger partial charge >= 0.3 is 5.97 Å². The number of carbonyl (C=O) groups excluding carboxylic acids is 1. The van der Waals surface area contributed by atoms with Crippen molar-refractivity contribution < 1.29 is 9.53 Å². The molecule has 0 saturated carbocycles. The fourth-order valence-corrected chi connectivity index (χ4v) is 2.10. The minimum absolute atomic E-state index is 0.260. The molecule has 1 aromatic carbocycles. The fraction of sp³-hybridized carbons (Fsp3) is 0.400. The monoisotopic (exact) mass is 245 g/mol. The number of ether oxygens (including phenoxy) is 1. The van der Waals surface area contributed by atoms with Crippen LogP contribution in [-0.2, 0) is 11.2 Å². The van der Waals surface area contributed by atoms with Crippen LogP contribution in [0.5, 0.6) is 0 Å². The van der Waals surface area contributed by atoms with E-state index in [1.165, 1.54) is 23.8 Å². The van der Waals surface area contributed by atoms with Crippen molar-refractivity contribution in [3.05, 3.63) is 35.5 Å². The number of hydrogen-bond acceptors (Lipinski definition) is 2. The van der Waals surface area contributed by atoms with Gasteiger partial charge in [-0.15, -0.1) is 0 Å². The molecule has 0 fully saturated rings. The molecule has 2 aromatic rings. The van der Waals surface area contributed by atoms with Crippen molar-refractivity contribution in [2.75, 3.05) is 6.61 Å². The molecule has 0 aliphatic carbocycles. The average Bonchev–Trinajstić information content (AvgIpc) is 2.79. The summed E-state index contributed by atoms with van der Waals surface area (Å²) in [5, 5.41) is 1.21. The molecule has 3 nitrogen and oxygen atoms in total. The molecule has 3 heteroatoms. The lowest BCUT2D eigenvalue weighted by Gasteiger charge is -2.02. The minimum Gasteiger partial charge on any atom is -0.462 e. The molecule has 0 amide bonds. The smallest absolute Gasteiger partial charge is 0.338 e. The molecule has 0 radical (unpaired) electrons. The molecule has 1 aromatic heterocycles. The molecule has 0 atom stereocenters. The van der Waals surface area contributed by atoms with Gasteiger partial charge in [0, 0.05) is 17.1 Å². The number of hydrogen-bond donors (Lipinski definition) is 1. The number of nitrogens with one attached hydrogen (secondary N) is 1. The highest BCUT2D eigenvalue weighted by atomic mass is 16.5. The maximum atomic E-state index is 11.6. The number of H-pyrrole nitrogens is 1. The van der Waals surface area contributed by atoms with E-state index in [1.807, 2.05) is 31.3 Å². The summed E-state index contributed by atoms with van der Waals surface area (Å²) in [4.78, 5) is 14.9. The molecular formula is C15H19NO2. The van der Waals surface area contributed by atoms with Gasteiger partial charge in [0.25, 0.3) is 0 Å². The Labute approximate surface area is 107 Å². The maximum Gasteiger partial charge on any atom is 0.338 e. The van der Waals surface area contributed by atoms with Crippen LogP contribution in [0.25, 0.3) is 10.9 Å². The van der Waals surface area contributed by atoms with E-state index in [9.17, 15) is 4.79 Å². The van der Waals surface area contributed by atoms with Gasteiger partial charge in [-0.2, -0.15) is 0 Å².